The second-order valence-corrected chi connectivity index (χ2v) is 10.4. The van der Waals surface area contributed by atoms with Crippen molar-refractivity contribution in [3.05, 3.63) is 64.4 Å². The molecule has 2 aromatic heterocycles. The van der Waals surface area contributed by atoms with E-state index in [-0.39, 0.29) is 11.8 Å². The largest absolute Gasteiger partial charge is 0.493 e. The number of amides is 2. The minimum atomic E-state index is -0.560. The van der Waals surface area contributed by atoms with Crippen molar-refractivity contribution in [1.82, 2.24) is 9.88 Å². The van der Waals surface area contributed by atoms with Gasteiger partial charge in [0, 0.05) is 48.8 Å². The zero-order valence-electron chi connectivity index (χ0n) is 20.8. The van der Waals surface area contributed by atoms with Gasteiger partial charge in [-0.3, -0.25) is 9.59 Å². The van der Waals surface area contributed by atoms with E-state index in [0.717, 1.165) is 20.2 Å². The van der Waals surface area contributed by atoms with Crippen molar-refractivity contribution in [1.29, 1.82) is 0 Å². The molecule has 0 unspecified atom stereocenters. The maximum absolute atomic E-state index is 12.8. The van der Waals surface area contributed by atoms with Crippen molar-refractivity contribution >= 4 is 55.5 Å². The van der Waals surface area contributed by atoms with Crippen molar-refractivity contribution in [3.63, 3.8) is 0 Å². The van der Waals surface area contributed by atoms with Gasteiger partial charge < -0.3 is 30.7 Å². The fourth-order valence-corrected chi connectivity index (χ4v) is 5.41. The highest BCUT2D eigenvalue weighted by Crippen LogP contribution is 2.30. The quantitative estimate of drug-likeness (QED) is 0.263. The van der Waals surface area contributed by atoms with Gasteiger partial charge in [0.05, 0.1) is 30.5 Å². The first kappa shape index (κ1) is 26.4. The highest BCUT2D eigenvalue weighted by Gasteiger charge is 2.19. The number of nitrogens with one attached hydrogen (secondary N) is 2. The van der Waals surface area contributed by atoms with Crippen LogP contribution in [-0.4, -0.2) is 62.1 Å². The van der Waals surface area contributed by atoms with Crippen molar-refractivity contribution in [2.75, 3.05) is 45.0 Å². The fraction of sp³-hybridized carbons (Fsp3) is 0.269. The molecule has 0 fully saturated rings. The Hall–Kier alpha value is -3.67. The predicted molar refractivity (Wildman–Crippen MR) is 149 cm³/mol. The van der Waals surface area contributed by atoms with E-state index in [1.807, 2.05) is 29.6 Å². The zero-order chi connectivity index (χ0) is 26.4. The van der Waals surface area contributed by atoms with Crippen LogP contribution in [0, 0.1) is 0 Å². The number of aromatic nitrogens is 1. The number of nitrogens with zero attached hydrogens (tertiary/aromatic N) is 2. The number of methoxy groups -OCH3 is 2. The summed E-state index contributed by atoms with van der Waals surface area (Å²) in [6.45, 7) is 1.02. The van der Waals surface area contributed by atoms with E-state index in [2.05, 4.69) is 15.6 Å². The van der Waals surface area contributed by atoms with Gasteiger partial charge in [0.25, 0.3) is 5.91 Å². The summed E-state index contributed by atoms with van der Waals surface area (Å²) in [5.41, 5.74) is 8.00. The second kappa shape index (κ2) is 12.0. The molecule has 4 aromatic rings. The van der Waals surface area contributed by atoms with Crippen LogP contribution in [-0.2, 0) is 11.2 Å². The summed E-state index contributed by atoms with van der Waals surface area (Å²) in [5.74, 6) is 0.787. The molecule has 2 amide bonds. The number of hydrogen-bond donors (Lipinski definition) is 3. The highest BCUT2D eigenvalue weighted by molar-refractivity contribution is 7.22. The summed E-state index contributed by atoms with van der Waals surface area (Å²) in [4.78, 5) is 32.7. The normalized spacial score (nSPS) is 11.7. The Labute approximate surface area is 223 Å². The Kier molecular flexibility index (Phi) is 8.59. The summed E-state index contributed by atoms with van der Waals surface area (Å²) in [6, 6.07) is 13.9. The number of nitrogens with two attached hydrogens (primary N) is 1. The van der Waals surface area contributed by atoms with Crippen LogP contribution in [0.3, 0.4) is 0 Å². The second-order valence-electron chi connectivity index (χ2n) is 8.30. The molecule has 0 spiro atoms. The third-order valence-electron chi connectivity index (χ3n) is 5.71. The topological polar surface area (TPSA) is 119 Å². The number of carbonyl (C=O) groups excluding carboxylic acids is 2. The van der Waals surface area contributed by atoms with Crippen LogP contribution in [0.2, 0.25) is 0 Å². The summed E-state index contributed by atoms with van der Waals surface area (Å²) >= 11 is 3.05. The lowest BCUT2D eigenvalue weighted by atomic mass is 10.1. The Balaban J connectivity index is 1.32. The van der Waals surface area contributed by atoms with Crippen LogP contribution >= 0.6 is 22.7 Å². The first-order chi connectivity index (χ1) is 17.9. The lowest BCUT2D eigenvalue weighted by molar-refractivity contribution is -0.131. The summed E-state index contributed by atoms with van der Waals surface area (Å²) in [5, 5.41) is 8.84. The minimum absolute atomic E-state index is 0.0929. The smallest absolute Gasteiger partial charge is 0.255 e. The van der Waals surface area contributed by atoms with E-state index in [1.54, 1.807) is 61.8 Å². The number of likely N-dealkylation sites (N-methyl/N-ethyl adjacent to an activating group) is 1. The predicted octanol–water partition coefficient (Wildman–Crippen LogP) is 4.07. The third kappa shape index (κ3) is 6.56. The van der Waals surface area contributed by atoms with Gasteiger partial charge in [-0.15, -0.1) is 11.3 Å². The first-order valence-corrected chi connectivity index (χ1v) is 13.3. The molecule has 9 nitrogen and oxygen atoms in total. The van der Waals surface area contributed by atoms with E-state index in [0.29, 0.717) is 42.3 Å². The Morgan fingerprint density at radius 1 is 1.11 bits per heavy atom. The van der Waals surface area contributed by atoms with Crippen LogP contribution < -0.4 is 25.8 Å². The molecular weight excluding hydrogens is 510 g/mol. The number of ether oxygens (including phenoxy) is 2. The van der Waals surface area contributed by atoms with Gasteiger partial charge in [-0.05, 0) is 41.8 Å². The molecule has 0 aliphatic heterocycles. The number of fused-ring (bicyclic) bond motifs is 1. The summed E-state index contributed by atoms with van der Waals surface area (Å²) < 4.78 is 11.4. The number of thiophene rings is 1. The maximum Gasteiger partial charge on any atom is 0.255 e. The van der Waals surface area contributed by atoms with Crippen molar-refractivity contribution in [2.45, 2.75) is 12.5 Å². The standard InChI is InChI=1S/C26H29N5O4S2/c1-31(25(33)19(27)15-18-5-4-12-36-18)11-10-28-26-30-20-8-6-16(13-23(20)37-26)24(32)29-17-7-9-21(34-2)22(14-17)35-3/h4-9,12-14,19H,10-11,15,27H2,1-3H3,(H,28,30)(H,29,32)/t19-/m0/s1. The number of hydrogen-bond acceptors (Lipinski definition) is 9. The van der Waals surface area contributed by atoms with Gasteiger partial charge in [0.2, 0.25) is 5.91 Å². The minimum Gasteiger partial charge on any atom is -0.493 e. The lowest BCUT2D eigenvalue weighted by Crippen LogP contribution is -2.44. The monoisotopic (exact) mass is 539 g/mol. The number of anilines is 2. The molecule has 2 aromatic carbocycles. The van der Waals surface area contributed by atoms with Gasteiger partial charge in [-0.1, -0.05) is 17.4 Å². The SMILES string of the molecule is COc1ccc(NC(=O)c2ccc3nc(NCCN(C)C(=O)[C@@H](N)Cc4cccs4)sc3c2)cc1OC. The van der Waals surface area contributed by atoms with E-state index < -0.39 is 6.04 Å². The molecule has 0 aliphatic carbocycles. The third-order valence-corrected chi connectivity index (χ3v) is 7.58. The number of rotatable bonds is 11. The molecule has 0 radical (unpaired) electrons. The molecule has 0 saturated carbocycles. The van der Waals surface area contributed by atoms with Crippen molar-refractivity contribution in [2.24, 2.45) is 5.73 Å². The van der Waals surface area contributed by atoms with Crippen LogP contribution in [0.4, 0.5) is 10.8 Å². The molecule has 0 bridgehead atoms. The van der Waals surface area contributed by atoms with Crippen LogP contribution in [0.1, 0.15) is 15.2 Å². The molecule has 0 saturated heterocycles. The summed E-state index contributed by atoms with van der Waals surface area (Å²) in [6.07, 6.45) is 0.536. The summed E-state index contributed by atoms with van der Waals surface area (Å²) in [7, 11) is 4.86. The first-order valence-electron chi connectivity index (χ1n) is 11.6. The van der Waals surface area contributed by atoms with Gasteiger partial charge in [-0.25, -0.2) is 4.98 Å². The van der Waals surface area contributed by atoms with E-state index >= 15 is 0 Å². The molecule has 4 N–H and O–H groups in total. The van der Waals surface area contributed by atoms with Crippen LogP contribution in [0.25, 0.3) is 10.2 Å². The lowest BCUT2D eigenvalue weighted by Gasteiger charge is -2.21. The zero-order valence-corrected chi connectivity index (χ0v) is 22.4. The number of benzene rings is 2. The fourth-order valence-electron chi connectivity index (χ4n) is 3.72. The molecule has 0 aliphatic rings. The average molecular weight is 540 g/mol. The molecule has 11 heteroatoms. The van der Waals surface area contributed by atoms with E-state index in [9.17, 15) is 9.59 Å². The number of carbonyl (C=O) groups is 2. The molecule has 194 valence electrons. The Bertz CT molecular complexity index is 1370. The molecule has 2 heterocycles. The van der Waals surface area contributed by atoms with Gasteiger partial charge >= 0.3 is 0 Å². The van der Waals surface area contributed by atoms with Crippen molar-refractivity contribution in [3.8, 4) is 11.5 Å². The van der Waals surface area contributed by atoms with Gasteiger partial charge in [0.1, 0.15) is 0 Å². The van der Waals surface area contributed by atoms with Gasteiger partial charge in [0.15, 0.2) is 16.6 Å². The molecule has 1 atom stereocenters. The van der Waals surface area contributed by atoms with Gasteiger partial charge in [-0.2, -0.15) is 0 Å². The molecular formula is C26H29N5O4S2. The molecule has 4 rings (SSSR count). The van der Waals surface area contributed by atoms with Crippen molar-refractivity contribution < 1.29 is 19.1 Å². The average Bonchev–Trinajstić information content (AvgIpc) is 3.56. The molecule has 37 heavy (non-hydrogen) atoms. The van der Waals surface area contributed by atoms with E-state index in [1.165, 1.54) is 11.3 Å². The Morgan fingerprint density at radius 2 is 1.92 bits per heavy atom. The van der Waals surface area contributed by atoms with Crippen LogP contribution in [0.15, 0.2) is 53.9 Å². The van der Waals surface area contributed by atoms with Crippen LogP contribution in [0.5, 0.6) is 11.5 Å². The Morgan fingerprint density at radius 3 is 2.65 bits per heavy atom. The number of thiazole rings is 1. The highest BCUT2D eigenvalue weighted by atomic mass is 32.1. The van der Waals surface area contributed by atoms with E-state index in [4.69, 9.17) is 15.2 Å². The maximum atomic E-state index is 12.8.